The van der Waals surface area contributed by atoms with Gasteiger partial charge in [-0.15, -0.1) is 0 Å². The Bertz CT molecular complexity index is 854. The summed E-state index contributed by atoms with van der Waals surface area (Å²) in [5.41, 5.74) is 2.59. The third-order valence-corrected chi connectivity index (χ3v) is 3.13. The van der Waals surface area contributed by atoms with E-state index in [4.69, 9.17) is 5.26 Å². The molecule has 104 valence electrons. The summed E-state index contributed by atoms with van der Waals surface area (Å²) in [5, 5.41) is 15.6. The summed E-state index contributed by atoms with van der Waals surface area (Å²) in [5.74, 6) is 0.420. The fourth-order valence-corrected chi connectivity index (χ4v) is 2.07. The van der Waals surface area contributed by atoms with Crippen LogP contribution in [-0.2, 0) is 13.6 Å². The van der Waals surface area contributed by atoms with Gasteiger partial charge in [-0.3, -0.25) is 9.48 Å². The Labute approximate surface area is 120 Å². The molecule has 0 aliphatic heterocycles. The number of rotatable bonds is 3. The number of fused-ring (bicyclic) bond motifs is 1. The molecule has 0 radical (unpaired) electrons. The number of H-pyrrole nitrogens is 1. The van der Waals surface area contributed by atoms with E-state index < -0.39 is 0 Å². The molecule has 2 aromatic heterocycles. The lowest BCUT2D eigenvalue weighted by molar-refractivity contribution is 0.0940. The van der Waals surface area contributed by atoms with Crippen molar-refractivity contribution in [2.24, 2.45) is 7.05 Å². The lowest BCUT2D eigenvalue weighted by atomic mass is 10.2. The summed E-state index contributed by atoms with van der Waals surface area (Å²) in [6.07, 6.45) is 1.57. The third kappa shape index (κ3) is 2.47. The van der Waals surface area contributed by atoms with Crippen molar-refractivity contribution in [3.8, 4) is 6.07 Å². The van der Waals surface area contributed by atoms with Crippen LogP contribution in [0, 0.1) is 11.3 Å². The number of nitriles is 1. The summed E-state index contributed by atoms with van der Waals surface area (Å²) in [6.45, 7) is 0.278. The predicted molar refractivity (Wildman–Crippen MR) is 75.2 cm³/mol. The molecule has 1 aromatic carbocycles. The number of aromatic amines is 1. The molecule has 0 fully saturated rings. The van der Waals surface area contributed by atoms with Gasteiger partial charge in [0.15, 0.2) is 0 Å². The minimum atomic E-state index is -0.215. The zero-order valence-corrected chi connectivity index (χ0v) is 11.3. The van der Waals surface area contributed by atoms with Gasteiger partial charge in [0.25, 0.3) is 5.91 Å². The number of aromatic nitrogens is 4. The molecule has 7 nitrogen and oxygen atoms in total. The van der Waals surface area contributed by atoms with E-state index in [2.05, 4.69) is 26.5 Å². The number of nitrogens with one attached hydrogen (secondary N) is 2. The number of imidazole rings is 1. The zero-order chi connectivity index (χ0) is 14.8. The normalized spacial score (nSPS) is 10.5. The fraction of sp³-hybridized carbons (Fsp3) is 0.143. The highest BCUT2D eigenvalue weighted by atomic mass is 16.2. The van der Waals surface area contributed by atoms with Crippen molar-refractivity contribution in [1.82, 2.24) is 25.1 Å². The van der Waals surface area contributed by atoms with Crippen LogP contribution in [0.4, 0.5) is 0 Å². The van der Waals surface area contributed by atoms with Crippen molar-refractivity contribution in [3.63, 3.8) is 0 Å². The first-order chi connectivity index (χ1) is 10.2. The van der Waals surface area contributed by atoms with Gasteiger partial charge >= 0.3 is 0 Å². The molecule has 2 N–H and O–H groups in total. The number of carbonyl (C=O) groups is 1. The lowest BCUT2D eigenvalue weighted by Gasteiger charge is -2.02. The van der Waals surface area contributed by atoms with Crippen LogP contribution < -0.4 is 5.32 Å². The smallest absolute Gasteiger partial charge is 0.269 e. The topological polar surface area (TPSA) is 99.4 Å². The number of hydrogen-bond acceptors (Lipinski definition) is 4. The van der Waals surface area contributed by atoms with Crippen molar-refractivity contribution in [2.75, 3.05) is 0 Å². The molecule has 3 aromatic rings. The van der Waals surface area contributed by atoms with Crippen LogP contribution >= 0.6 is 0 Å². The van der Waals surface area contributed by atoms with E-state index >= 15 is 0 Å². The van der Waals surface area contributed by atoms with Gasteiger partial charge < -0.3 is 10.3 Å². The van der Waals surface area contributed by atoms with Crippen LogP contribution in [0.25, 0.3) is 11.0 Å². The fourth-order valence-electron chi connectivity index (χ4n) is 2.07. The van der Waals surface area contributed by atoms with E-state index in [1.807, 2.05) is 0 Å². The van der Waals surface area contributed by atoms with Gasteiger partial charge in [-0.2, -0.15) is 10.4 Å². The van der Waals surface area contributed by atoms with Gasteiger partial charge in [-0.25, -0.2) is 4.98 Å². The Morgan fingerprint density at radius 2 is 2.33 bits per heavy atom. The van der Waals surface area contributed by atoms with E-state index in [0.29, 0.717) is 17.1 Å². The summed E-state index contributed by atoms with van der Waals surface area (Å²) < 4.78 is 1.51. The average molecular weight is 280 g/mol. The number of carbonyl (C=O) groups excluding carboxylic acids is 1. The molecule has 0 bridgehead atoms. The molecule has 0 spiro atoms. The molecule has 0 aliphatic carbocycles. The quantitative estimate of drug-likeness (QED) is 0.750. The molecule has 1 amide bonds. The van der Waals surface area contributed by atoms with Crippen LogP contribution in [0.15, 0.2) is 30.5 Å². The average Bonchev–Trinajstić information content (AvgIpc) is 3.09. The molecule has 3 rings (SSSR count). The largest absolute Gasteiger partial charge is 0.343 e. The van der Waals surface area contributed by atoms with Gasteiger partial charge in [-0.05, 0) is 24.3 Å². The Morgan fingerprint density at radius 3 is 3.05 bits per heavy atom. The van der Waals surface area contributed by atoms with Gasteiger partial charge in [0.2, 0.25) is 0 Å². The van der Waals surface area contributed by atoms with Crippen molar-refractivity contribution >= 4 is 16.9 Å². The van der Waals surface area contributed by atoms with E-state index in [-0.39, 0.29) is 12.5 Å². The number of nitrogens with zero attached hydrogens (tertiary/aromatic N) is 4. The molecular weight excluding hydrogens is 268 g/mol. The number of benzene rings is 1. The van der Waals surface area contributed by atoms with E-state index in [0.717, 1.165) is 11.0 Å². The Hall–Kier alpha value is -3.14. The van der Waals surface area contributed by atoms with Crippen LogP contribution in [0.1, 0.15) is 21.9 Å². The minimum absolute atomic E-state index is 0.215. The minimum Gasteiger partial charge on any atom is -0.343 e. The number of aryl methyl sites for hydroxylation is 1. The highest BCUT2D eigenvalue weighted by Gasteiger charge is 2.10. The maximum Gasteiger partial charge on any atom is 0.269 e. The maximum atomic E-state index is 12.0. The van der Waals surface area contributed by atoms with Crippen molar-refractivity contribution in [2.45, 2.75) is 6.54 Å². The molecule has 2 heterocycles. The van der Waals surface area contributed by atoms with E-state index in [9.17, 15) is 4.79 Å². The summed E-state index contributed by atoms with van der Waals surface area (Å²) in [6, 6.07) is 8.94. The molecule has 0 saturated carbocycles. The van der Waals surface area contributed by atoms with Crippen molar-refractivity contribution < 1.29 is 4.79 Å². The second-order valence-corrected chi connectivity index (χ2v) is 4.55. The van der Waals surface area contributed by atoms with Crippen LogP contribution in [0.5, 0.6) is 0 Å². The monoisotopic (exact) mass is 280 g/mol. The molecule has 0 saturated heterocycles. The molecule has 0 atom stereocenters. The summed E-state index contributed by atoms with van der Waals surface area (Å²) in [4.78, 5) is 19.4. The van der Waals surface area contributed by atoms with Gasteiger partial charge in [-0.1, -0.05) is 0 Å². The highest BCUT2D eigenvalue weighted by Crippen LogP contribution is 2.13. The second-order valence-electron chi connectivity index (χ2n) is 4.55. The molecule has 0 unspecified atom stereocenters. The molecule has 7 heteroatoms. The Kier molecular flexibility index (Phi) is 3.12. The Balaban J connectivity index is 1.75. The first-order valence-corrected chi connectivity index (χ1v) is 6.32. The number of amides is 1. The van der Waals surface area contributed by atoms with Crippen LogP contribution in [0.2, 0.25) is 0 Å². The Morgan fingerprint density at radius 1 is 1.48 bits per heavy atom. The van der Waals surface area contributed by atoms with Crippen LogP contribution in [0.3, 0.4) is 0 Å². The zero-order valence-electron chi connectivity index (χ0n) is 11.3. The first kappa shape index (κ1) is 12.9. The van der Waals surface area contributed by atoms with Gasteiger partial charge in [0.1, 0.15) is 11.5 Å². The summed E-state index contributed by atoms with van der Waals surface area (Å²) in [7, 11) is 1.71. The standard InChI is InChI=1S/C14H12N6O/c1-20-12(4-5-17-20)14(21)16-8-13-18-10-3-2-9(7-15)6-11(10)19-13/h2-6H,8H2,1H3,(H,16,21)(H,18,19). The first-order valence-electron chi connectivity index (χ1n) is 6.32. The van der Waals surface area contributed by atoms with Crippen molar-refractivity contribution in [3.05, 3.63) is 47.5 Å². The molecule has 21 heavy (non-hydrogen) atoms. The van der Waals surface area contributed by atoms with Gasteiger partial charge in [0.05, 0.1) is 29.2 Å². The lowest BCUT2D eigenvalue weighted by Crippen LogP contribution is -2.25. The predicted octanol–water partition coefficient (Wildman–Crippen LogP) is 1.10. The molecular formula is C14H12N6O. The van der Waals surface area contributed by atoms with E-state index in [1.165, 1.54) is 4.68 Å². The summed E-state index contributed by atoms with van der Waals surface area (Å²) >= 11 is 0. The maximum absolute atomic E-state index is 12.0. The van der Waals surface area contributed by atoms with Gasteiger partial charge in [0, 0.05) is 13.2 Å². The molecule has 0 aliphatic rings. The second kappa shape index (κ2) is 5.09. The third-order valence-electron chi connectivity index (χ3n) is 3.13. The van der Waals surface area contributed by atoms with Crippen LogP contribution in [-0.4, -0.2) is 25.7 Å². The SMILES string of the molecule is Cn1nccc1C(=O)NCc1nc2ccc(C#N)cc2[nH]1. The highest BCUT2D eigenvalue weighted by molar-refractivity contribution is 5.92. The number of hydrogen-bond donors (Lipinski definition) is 2. The van der Waals surface area contributed by atoms with E-state index in [1.54, 1.807) is 37.5 Å². The van der Waals surface area contributed by atoms with Crippen molar-refractivity contribution in [1.29, 1.82) is 5.26 Å².